The Labute approximate surface area is 86.4 Å². The van der Waals surface area contributed by atoms with Crippen LogP contribution >= 0.6 is 0 Å². The molecule has 3 nitrogen and oxygen atoms in total. The molecule has 0 atom stereocenters. The van der Waals surface area contributed by atoms with Crippen molar-refractivity contribution in [3.05, 3.63) is 0 Å². The summed E-state index contributed by atoms with van der Waals surface area (Å²) in [7, 11) is 0. The summed E-state index contributed by atoms with van der Waals surface area (Å²) in [6, 6.07) is 0. The number of carbonyl (C=O) groups is 1. The Morgan fingerprint density at radius 2 is 2.00 bits per heavy atom. The zero-order valence-corrected chi connectivity index (χ0v) is 9.89. The van der Waals surface area contributed by atoms with Crippen molar-refractivity contribution in [2.45, 2.75) is 46.8 Å². The highest BCUT2D eigenvalue weighted by Gasteiger charge is 2.37. The fourth-order valence-electron chi connectivity index (χ4n) is 1.71. The highest BCUT2D eigenvalue weighted by molar-refractivity contribution is 5.77. The lowest BCUT2D eigenvalue weighted by Crippen LogP contribution is -2.44. The lowest BCUT2D eigenvalue weighted by atomic mass is 9.91. The van der Waals surface area contributed by atoms with Crippen molar-refractivity contribution in [3.63, 3.8) is 0 Å². The first-order chi connectivity index (χ1) is 6.22. The van der Waals surface area contributed by atoms with Crippen molar-refractivity contribution in [1.29, 1.82) is 0 Å². The minimum atomic E-state index is -0.414. The first kappa shape index (κ1) is 11.5. The van der Waals surface area contributed by atoms with Crippen LogP contribution in [0.1, 0.15) is 41.0 Å². The van der Waals surface area contributed by atoms with E-state index in [1.165, 1.54) is 0 Å². The topological polar surface area (TPSA) is 29.5 Å². The van der Waals surface area contributed by atoms with E-state index < -0.39 is 5.72 Å². The Morgan fingerprint density at radius 1 is 1.43 bits per heavy atom. The Kier molecular flexibility index (Phi) is 2.91. The lowest BCUT2D eigenvalue weighted by molar-refractivity contribution is -0.145. The molecule has 1 saturated heterocycles. The monoisotopic (exact) mass is 199 g/mol. The summed E-state index contributed by atoms with van der Waals surface area (Å²) in [4.78, 5) is 13.8. The minimum absolute atomic E-state index is 0.0513. The van der Waals surface area contributed by atoms with Crippen LogP contribution in [-0.4, -0.2) is 29.7 Å². The van der Waals surface area contributed by atoms with Crippen LogP contribution in [0.3, 0.4) is 0 Å². The first-order valence-electron chi connectivity index (χ1n) is 5.17. The van der Waals surface area contributed by atoms with E-state index in [-0.39, 0.29) is 11.3 Å². The van der Waals surface area contributed by atoms with Gasteiger partial charge in [0.15, 0.2) is 0 Å². The second-order valence-corrected chi connectivity index (χ2v) is 5.58. The van der Waals surface area contributed by atoms with E-state index in [2.05, 4.69) is 20.8 Å². The summed E-state index contributed by atoms with van der Waals surface area (Å²) in [5.74, 6) is 0.194. The van der Waals surface area contributed by atoms with Crippen LogP contribution < -0.4 is 0 Å². The van der Waals surface area contributed by atoms with Crippen molar-refractivity contribution >= 4 is 5.91 Å². The fourth-order valence-corrected chi connectivity index (χ4v) is 1.71. The average molecular weight is 199 g/mol. The van der Waals surface area contributed by atoms with Gasteiger partial charge in [0.05, 0.1) is 6.61 Å². The van der Waals surface area contributed by atoms with E-state index in [1.807, 2.05) is 18.7 Å². The molecule has 1 rings (SSSR count). The third-order valence-electron chi connectivity index (χ3n) is 2.40. The molecule has 0 radical (unpaired) electrons. The number of carbonyl (C=O) groups excluding carboxylic acids is 1. The number of rotatable bonds is 1. The van der Waals surface area contributed by atoms with Crippen molar-refractivity contribution in [3.8, 4) is 0 Å². The highest BCUT2D eigenvalue weighted by Crippen LogP contribution is 2.27. The van der Waals surface area contributed by atoms with Crippen molar-refractivity contribution < 1.29 is 9.53 Å². The van der Waals surface area contributed by atoms with E-state index in [4.69, 9.17) is 4.74 Å². The predicted molar refractivity (Wildman–Crippen MR) is 55.8 cm³/mol. The molecule has 0 spiro atoms. The molecule has 0 aromatic carbocycles. The quantitative estimate of drug-likeness (QED) is 0.646. The molecule has 1 aliphatic heterocycles. The smallest absolute Gasteiger partial charge is 0.225 e. The van der Waals surface area contributed by atoms with Gasteiger partial charge in [-0.2, -0.15) is 0 Å². The molecule has 0 unspecified atom stereocenters. The predicted octanol–water partition coefficient (Wildman–Crippen LogP) is 2.02. The molecule has 3 heteroatoms. The SMILES string of the molecule is CC(C)(C)CC(=O)N1CCOC1(C)C. The summed E-state index contributed by atoms with van der Waals surface area (Å²) in [6.07, 6.45) is 0.583. The zero-order chi connectivity index (χ0) is 11.0. The van der Waals surface area contributed by atoms with E-state index in [0.29, 0.717) is 13.0 Å². The Bertz CT molecular complexity index is 228. The standard InChI is InChI=1S/C11H21NO2/c1-10(2,3)8-9(13)12-6-7-14-11(12,4)5/h6-8H2,1-5H3. The Morgan fingerprint density at radius 3 is 2.36 bits per heavy atom. The number of nitrogens with zero attached hydrogens (tertiary/aromatic N) is 1. The molecule has 0 aliphatic carbocycles. The van der Waals surface area contributed by atoms with Crippen LogP contribution in [-0.2, 0) is 9.53 Å². The molecule has 0 aromatic rings. The van der Waals surface area contributed by atoms with E-state index >= 15 is 0 Å². The van der Waals surface area contributed by atoms with Crippen LogP contribution in [0.5, 0.6) is 0 Å². The van der Waals surface area contributed by atoms with Gasteiger partial charge in [-0.05, 0) is 19.3 Å². The maximum atomic E-state index is 11.9. The van der Waals surface area contributed by atoms with Gasteiger partial charge in [-0.1, -0.05) is 20.8 Å². The summed E-state index contributed by atoms with van der Waals surface area (Å²) in [5, 5.41) is 0. The third-order valence-corrected chi connectivity index (χ3v) is 2.40. The summed E-state index contributed by atoms with van der Waals surface area (Å²) >= 11 is 0. The Hall–Kier alpha value is -0.570. The molecule has 82 valence electrons. The molecule has 1 heterocycles. The first-order valence-corrected chi connectivity index (χ1v) is 5.17. The maximum Gasteiger partial charge on any atom is 0.225 e. The minimum Gasteiger partial charge on any atom is -0.354 e. The summed E-state index contributed by atoms with van der Waals surface area (Å²) < 4.78 is 5.49. The highest BCUT2D eigenvalue weighted by atomic mass is 16.5. The van der Waals surface area contributed by atoms with E-state index in [0.717, 1.165) is 6.54 Å². The van der Waals surface area contributed by atoms with Gasteiger partial charge in [-0.25, -0.2) is 0 Å². The fraction of sp³-hybridized carbons (Fsp3) is 0.909. The van der Waals surface area contributed by atoms with Crippen LogP contribution in [0.2, 0.25) is 0 Å². The molecular formula is C11H21NO2. The summed E-state index contributed by atoms with van der Waals surface area (Å²) in [6.45, 7) is 11.5. The number of hydrogen-bond donors (Lipinski definition) is 0. The second-order valence-electron chi connectivity index (χ2n) is 5.58. The Balaban J connectivity index is 2.62. The number of hydrogen-bond acceptors (Lipinski definition) is 2. The van der Waals surface area contributed by atoms with Gasteiger partial charge >= 0.3 is 0 Å². The molecule has 0 aromatic heterocycles. The molecule has 1 fully saturated rings. The third kappa shape index (κ3) is 2.71. The number of amides is 1. The molecular weight excluding hydrogens is 178 g/mol. The average Bonchev–Trinajstić information content (AvgIpc) is 2.25. The van der Waals surface area contributed by atoms with Crippen molar-refractivity contribution in [1.82, 2.24) is 4.90 Å². The number of ether oxygens (including phenoxy) is 1. The normalized spacial score (nSPS) is 21.4. The van der Waals surface area contributed by atoms with Crippen molar-refractivity contribution in [2.24, 2.45) is 5.41 Å². The van der Waals surface area contributed by atoms with Crippen LogP contribution in [0.4, 0.5) is 0 Å². The van der Waals surface area contributed by atoms with Gasteiger partial charge in [-0.15, -0.1) is 0 Å². The van der Waals surface area contributed by atoms with Crippen molar-refractivity contribution in [2.75, 3.05) is 13.2 Å². The lowest BCUT2D eigenvalue weighted by Gasteiger charge is -2.32. The largest absolute Gasteiger partial charge is 0.354 e. The summed E-state index contributed by atoms with van der Waals surface area (Å²) in [5.41, 5.74) is -0.363. The van der Waals surface area contributed by atoms with Gasteiger partial charge in [0.25, 0.3) is 0 Å². The molecule has 0 bridgehead atoms. The van der Waals surface area contributed by atoms with Crippen LogP contribution in [0.15, 0.2) is 0 Å². The molecule has 14 heavy (non-hydrogen) atoms. The maximum absolute atomic E-state index is 11.9. The molecule has 0 N–H and O–H groups in total. The second kappa shape index (κ2) is 3.54. The van der Waals surface area contributed by atoms with Crippen LogP contribution in [0.25, 0.3) is 0 Å². The van der Waals surface area contributed by atoms with Gasteiger partial charge < -0.3 is 9.64 Å². The molecule has 0 saturated carbocycles. The van der Waals surface area contributed by atoms with Gasteiger partial charge in [0.1, 0.15) is 5.72 Å². The van der Waals surface area contributed by atoms with E-state index in [1.54, 1.807) is 0 Å². The zero-order valence-electron chi connectivity index (χ0n) is 9.89. The van der Waals surface area contributed by atoms with Gasteiger partial charge in [0.2, 0.25) is 5.91 Å². The molecule has 1 aliphatic rings. The van der Waals surface area contributed by atoms with Crippen LogP contribution in [0, 0.1) is 5.41 Å². The molecule has 1 amide bonds. The van der Waals surface area contributed by atoms with E-state index in [9.17, 15) is 4.79 Å². The van der Waals surface area contributed by atoms with Gasteiger partial charge in [0, 0.05) is 13.0 Å². The van der Waals surface area contributed by atoms with Gasteiger partial charge in [-0.3, -0.25) is 4.79 Å².